The molecule has 25 heavy (non-hydrogen) atoms. The van der Waals surface area contributed by atoms with Gasteiger partial charge in [-0.1, -0.05) is 19.0 Å². The van der Waals surface area contributed by atoms with Crippen molar-refractivity contribution in [3.8, 4) is 5.75 Å². The van der Waals surface area contributed by atoms with Crippen LogP contribution in [0.1, 0.15) is 31.2 Å². The number of ether oxygens (including phenoxy) is 1. The summed E-state index contributed by atoms with van der Waals surface area (Å²) in [5.74, 6) is 1.19. The number of hydrogen-bond acceptors (Lipinski definition) is 6. The number of amides is 2. The summed E-state index contributed by atoms with van der Waals surface area (Å²) in [7, 11) is 1.66. The van der Waals surface area contributed by atoms with Gasteiger partial charge in [-0.3, -0.25) is 14.5 Å². The van der Waals surface area contributed by atoms with Gasteiger partial charge in [0.05, 0.1) is 12.2 Å². The van der Waals surface area contributed by atoms with E-state index in [1.807, 2.05) is 19.9 Å². The van der Waals surface area contributed by atoms with Crippen molar-refractivity contribution in [3.63, 3.8) is 0 Å². The zero-order valence-electron chi connectivity index (χ0n) is 14.4. The standard InChI is InChI=1S/C17H20N4O4/c1-11(2)13-7-12(25-19-13)8-20(3)15(22)9-21-16(23)10-24-14-5-4-6-18-17(14)21/h4-7,11H,8-10H2,1-3H3. The van der Waals surface area contributed by atoms with Crippen molar-refractivity contribution in [2.24, 2.45) is 0 Å². The molecule has 2 aromatic rings. The third kappa shape index (κ3) is 3.62. The van der Waals surface area contributed by atoms with Gasteiger partial charge in [0, 0.05) is 19.3 Å². The summed E-state index contributed by atoms with van der Waals surface area (Å²) in [6.07, 6.45) is 1.56. The van der Waals surface area contributed by atoms with Crippen LogP contribution in [0.3, 0.4) is 0 Å². The van der Waals surface area contributed by atoms with Crippen LogP contribution in [0.25, 0.3) is 0 Å². The van der Waals surface area contributed by atoms with Crippen LogP contribution in [0.2, 0.25) is 0 Å². The quantitative estimate of drug-likeness (QED) is 0.818. The van der Waals surface area contributed by atoms with Gasteiger partial charge in [-0.15, -0.1) is 0 Å². The summed E-state index contributed by atoms with van der Waals surface area (Å²) >= 11 is 0. The molecule has 2 amide bonds. The third-order valence-electron chi connectivity index (χ3n) is 3.94. The minimum absolute atomic E-state index is 0.102. The number of pyridine rings is 1. The van der Waals surface area contributed by atoms with E-state index < -0.39 is 0 Å². The molecule has 3 rings (SSSR count). The van der Waals surface area contributed by atoms with Gasteiger partial charge in [0.1, 0.15) is 6.54 Å². The van der Waals surface area contributed by atoms with E-state index in [2.05, 4.69) is 10.1 Å². The molecule has 2 aromatic heterocycles. The van der Waals surface area contributed by atoms with Crippen LogP contribution >= 0.6 is 0 Å². The van der Waals surface area contributed by atoms with Crippen LogP contribution in [0, 0.1) is 0 Å². The van der Waals surface area contributed by atoms with Crippen molar-refractivity contribution in [1.82, 2.24) is 15.0 Å². The van der Waals surface area contributed by atoms with Crippen molar-refractivity contribution in [3.05, 3.63) is 35.9 Å². The molecule has 1 aliphatic heterocycles. The Balaban J connectivity index is 1.68. The maximum absolute atomic E-state index is 12.5. The van der Waals surface area contributed by atoms with Crippen molar-refractivity contribution in [2.45, 2.75) is 26.3 Å². The number of anilines is 1. The van der Waals surface area contributed by atoms with Gasteiger partial charge < -0.3 is 14.2 Å². The Morgan fingerprint density at radius 1 is 1.44 bits per heavy atom. The summed E-state index contributed by atoms with van der Waals surface area (Å²) in [4.78, 5) is 31.6. The largest absolute Gasteiger partial charge is 0.480 e. The smallest absolute Gasteiger partial charge is 0.266 e. The fourth-order valence-electron chi connectivity index (χ4n) is 2.45. The van der Waals surface area contributed by atoms with Gasteiger partial charge in [0.2, 0.25) is 5.91 Å². The monoisotopic (exact) mass is 344 g/mol. The van der Waals surface area contributed by atoms with Gasteiger partial charge in [0.25, 0.3) is 5.91 Å². The molecular weight excluding hydrogens is 324 g/mol. The van der Waals surface area contributed by atoms with Crippen molar-refractivity contribution >= 4 is 17.6 Å². The molecule has 0 radical (unpaired) electrons. The predicted octanol–water partition coefficient (Wildman–Crippen LogP) is 1.58. The zero-order chi connectivity index (χ0) is 18.0. The summed E-state index contributed by atoms with van der Waals surface area (Å²) < 4.78 is 10.6. The molecular formula is C17H20N4O4. The topological polar surface area (TPSA) is 88.8 Å². The first-order chi connectivity index (χ1) is 12.0. The van der Waals surface area contributed by atoms with Gasteiger partial charge >= 0.3 is 0 Å². The second-order valence-electron chi connectivity index (χ2n) is 6.22. The molecule has 132 valence electrons. The molecule has 3 heterocycles. The fraction of sp³-hybridized carbons (Fsp3) is 0.412. The lowest BCUT2D eigenvalue weighted by atomic mass is 10.1. The highest BCUT2D eigenvalue weighted by Gasteiger charge is 2.29. The molecule has 0 atom stereocenters. The Hall–Kier alpha value is -2.90. The molecule has 0 saturated heterocycles. The van der Waals surface area contributed by atoms with Gasteiger partial charge in [-0.05, 0) is 18.1 Å². The second-order valence-corrected chi connectivity index (χ2v) is 6.22. The summed E-state index contributed by atoms with van der Waals surface area (Å²) in [5.41, 5.74) is 0.845. The second kappa shape index (κ2) is 6.92. The maximum Gasteiger partial charge on any atom is 0.266 e. The van der Waals surface area contributed by atoms with Crippen molar-refractivity contribution in [2.75, 3.05) is 25.1 Å². The Kier molecular flexibility index (Phi) is 4.69. The Morgan fingerprint density at radius 2 is 2.24 bits per heavy atom. The lowest BCUT2D eigenvalue weighted by Crippen LogP contribution is -2.45. The van der Waals surface area contributed by atoms with Crippen LogP contribution in [0.5, 0.6) is 5.75 Å². The van der Waals surface area contributed by atoms with Gasteiger partial charge in [-0.2, -0.15) is 0 Å². The normalized spacial score (nSPS) is 13.6. The number of fused-ring (bicyclic) bond motifs is 1. The van der Waals surface area contributed by atoms with Crippen molar-refractivity contribution < 1.29 is 18.8 Å². The highest BCUT2D eigenvalue weighted by atomic mass is 16.5. The highest BCUT2D eigenvalue weighted by Crippen LogP contribution is 2.28. The van der Waals surface area contributed by atoms with Gasteiger partial charge in [-0.25, -0.2) is 4.98 Å². The van der Waals surface area contributed by atoms with Crippen LogP contribution in [-0.4, -0.2) is 47.1 Å². The number of carbonyl (C=O) groups is 2. The lowest BCUT2D eigenvalue weighted by molar-refractivity contribution is -0.131. The van der Waals surface area contributed by atoms with Crippen LogP contribution in [0.15, 0.2) is 28.9 Å². The number of carbonyl (C=O) groups excluding carboxylic acids is 2. The Bertz CT molecular complexity index is 786. The SMILES string of the molecule is CC(C)c1cc(CN(C)C(=O)CN2C(=O)COc3cccnc32)on1. The average Bonchev–Trinajstić information content (AvgIpc) is 3.06. The number of rotatable bonds is 5. The minimum atomic E-state index is -0.297. The molecule has 0 unspecified atom stereocenters. The molecule has 0 bridgehead atoms. The Labute approximate surface area is 145 Å². The number of aromatic nitrogens is 2. The highest BCUT2D eigenvalue weighted by molar-refractivity contribution is 6.01. The zero-order valence-corrected chi connectivity index (χ0v) is 14.4. The lowest BCUT2D eigenvalue weighted by Gasteiger charge is -2.28. The molecule has 0 aliphatic carbocycles. The predicted molar refractivity (Wildman–Crippen MR) is 89.2 cm³/mol. The molecule has 0 aromatic carbocycles. The first kappa shape index (κ1) is 16.9. The van der Waals surface area contributed by atoms with E-state index >= 15 is 0 Å². The molecule has 0 fully saturated rings. The van der Waals surface area contributed by atoms with Crippen LogP contribution in [0.4, 0.5) is 5.82 Å². The van der Waals surface area contributed by atoms with E-state index in [1.54, 1.807) is 25.4 Å². The number of likely N-dealkylation sites (N-methyl/N-ethyl adjacent to an activating group) is 1. The number of hydrogen-bond donors (Lipinski definition) is 0. The fourth-order valence-corrected chi connectivity index (χ4v) is 2.45. The first-order valence-electron chi connectivity index (χ1n) is 8.03. The first-order valence-corrected chi connectivity index (χ1v) is 8.03. The van der Waals surface area contributed by atoms with E-state index in [0.717, 1.165) is 5.69 Å². The minimum Gasteiger partial charge on any atom is -0.480 e. The van der Waals surface area contributed by atoms with Crippen molar-refractivity contribution in [1.29, 1.82) is 0 Å². The molecule has 0 N–H and O–H groups in total. The van der Waals surface area contributed by atoms with Gasteiger partial charge in [0.15, 0.2) is 23.9 Å². The summed E-state index contributed by atoms with van der Waals surface area (Å²) in [5, 5.41) is 3.98. The third-order valence-corrected chi connectivity index (χ3v) is 3.94. The molecule has 0 saturated carbocycles. The molecule has 1 aliphatic rings. The maximum atomic E-state index is 12.5. The van der Waals surface area contributed by atoms with Crippen LogP contribution < -0.4 is 9.64 Å². The van der Waals surface area contributed by atoms with E-state index in [0.29, 0.717) is 17.3 Å². The molecule has 0 spiro atoms. The molecule has 8 heteroatoms. The molecule has 8 nitrogen and oxygen atoms in total. The van der Waals surface area contributed by atoms with E-state index in [4.69, 9.17) is 9.26 Å². The van der Waals surface area contributed by atoms with Crippen LogP contribution in [-0.2, 0) is 16.1 Å². The van der Waals surface area contributed by atoms with E-state index in [1.165, 1.54) is 9.80 Å². The van der Waals surface area contributed by atoms with E-state index in [9.17, 15) is 9.59 Å². The summed E-state index contributed by atoms with van der Waals surface area (Å²) in [6.45, 7) is 4.12. The Morgan fingerprint density at radius 3 is 2.96 bits per heavy atom. The summed E-state index contributed by atoms with van der Waals surface area (Å²) in [6, 6.07) is 5.28. The number of nitrogens with zero attached hydrogens (tertiary/aromatic N) is 4. The van der Waals surface area contributed by atoms with E-state index in [-0.39, 0.29) is 37.4 Å². The average molecular weight is 344 g/mol.